The van der Waals surface area contributed by atoms with Gasteiger partial charge in [0.1, 0.15) is 5.69 Å². The number of carbonyl (C=O) groups is 1. The lowest BCUT2D eigenvalue weighted by Gasteiger charge is -2.36. The van der Waals surface area contributed by atoms with Crippen molar-refractivity contribution in [1.82, 2.24) is 4.98 Å². The fraction of sp³-hybridized carbons (Fsp3) is 0.600. The summed E-state index contributed by atoms with van der Waals surface area (Å²) in [7, 11) is 0. The molecule has 1 aliphatic rings. The number of aliphatic hydroxyl groups is 1. The van der Waals surface area contributed by atoms with Gasteiger partial charge in [0.25, 0.3) is 5.91 Å². The van der Waals surface area contributed by atoms with Gasteiger partial charge in [-0.2, -0.15) is 0 Å². The number of nitrogens with two attached hydrogens (primary N) is 1. The third-order valence-corrected chi connectivity index (χ3v) is 4.25. The molecule has 0 saturated heterocycles. The van der Waals surface area contributed by atoms with Crippen molar-refractivity contribution in [1.29, 1.82) is 0 Å². The summed E-state index contributed by atoms with van der Waals surface area (Å²) in [4.78, 5) is 15.0. The van der Waals surface area contributed by atoms with Gasteiger partial charge in [0.05, 0.1) is 5.60 Å². The molecule has 0 atom stereocenters. The number of carbonyl (C=O) groups excluding carboxylic acids is 1. The molecule has 0 aliphatic heterocycles. The Morgan fingerprint density at radius 1 is 1.55 bits per heavy atom. The van der Waals surface area contributed by atoms with Crippen LogP contribution in [0.4, 0.5) is 5.69 Å². The number of aromatic nitrogens is 1. The molecular weight excluding hydrogens is 254 g/mol. The summed E-state index contributed by atoms with van der Waals surface area (Å²) in [6.07, 6.45) is 6.55. The molecule has 0 spiro atoms. The Hall–Kier alpha value is -1.62. The molecule has 20 heavy (non-hydrogen) atoms. The lowest BCUT2D eigenvalue weighted by atomic mass is 9.78. The van der Waals surface area contributed by atoms with E-state index in [1.807, 2.05) is 0 Å². The Morgan fingerprint density at radius 3 is 2.85 bits per heavy atom. The SMILES string of the molecule is CCC1CCC(O)(CNc2ccnc(C(N)=O)c2)CC1. The minimum atomic E-state index is -0.651. The van der Waals surface area contributed by atoms with Gasteiger partial charge in [-0.3, -0.25) is 9.78 Å². The molecule has 1 saturated carbocycles. The first kappa shape index (κ1) is 14.8. The normalized spacial score (nSPS) is 26.2. The molecule has 1 amide bonds. The summed E-state index contributed by atoms with van der Waals surface area (Å²) in [6.45, 7) is 2.70. The fourth-order valence-electron chi connectivity index (χ4n) is 2.74. The maximum atomic E-state index is 11.1. The predicted molar refractivity (Wildman–Crippen MR) is 78.4 cm³/mol. The highest BCUT2D eigenvalue weighted by molar-refractivity contribution is 5.91. The number of hydrogen-bond acceptors (Lipinski definition) is 4. The third kappa shape index (κ3) is 3.70. The maximum absolute atomic E-state index is 11.1. The number of hydrogen-bond donors (Lipinski definition) is 3. The van der Waals surface area contributed by atoms with Crippen molar-refractivity contribution in [2.45, 2.75) is 44.6 Å². The van der Waals surface area contributed by atoms with Gasteiger partial charge in [0.2, 0.25) is 0 Å². The lowest BCUT2D eigenvalue weighted by Crippen LogP contribution is -2.40. The number of pyridine rings is 1. The van der Waals surface area contributed by atoms with E-state index in [0.717, 1.165) is 37.3 Å². The molecule has 1 heterocycles. The summed E-state index contributed by atoms with van der Waals surface area (Å²) in [6, 6.07) is 3.39. The third-order valence-electron chi connectivity index (χ3n) is 4.25. The Kier molecular flexibility index (Phi) is 4.60. The van der Waals surface area contributed by atoms with Gasteiger partial charge in [-0.25, -0.2) is 0 Å². The molecule has 4 N–H and O–H groups in total. The number of rotatable bonds is 5. The van der Waals surface area contributed by atoms with Crippen LogP contribution >= 0.6 is 0 Å². The fourth-order valence-corrected chi connectivity index (χ4v) is 2.74. The van der Waals surface area contributed by atoms with E-state index in [2.05, 4.69) is 17.2 Å². The quantitative estimate of drug-likeness (QED) is 0.767. The first-order valence-corrected chi connectivity index (χ1v) is 7.24. The number of nitrogens with one attached hydrogen (secondary N) is 1. The maximum Gasteiger partial charge on any atom is 0.267 e. The second-order valence-electron chi connectivity index (χ2n) is 5.72. The van der Waals surface area contributed by atoms with Crippen molar-refractivity contribution < 1.29 is 9.90 Å². The minimum Gasteiger partial charge on any atom is -0.388 e. The molecule has 1 fully saturated rings. The lowest BCUT2D eigenvalue weighted by molar-refractivity contribution is 0.00229. The molecule has 0 unspecified atom stereocenters. The summed E-state index contributed by atoms with van der Waals surface area (Å²) in [5.74, 6) is 0.202. The molecule has 1 aromatic heterocycles. The van der Waals surface area contributed by atoms with Crippen LogP contribution in [0.5, 0.6) is 0 Å². The van der Waals surface area contributed by atoms with Crippen molar-refractivity contribution in [3.8, 4) is 0 Å². The molecule has 5 nitrogen and oxygen atoms in total. The monoisotopic (exact) mass is 277 g/mol. The number of amides is 1. The van der Waals surface area contributed by atoms with Crippen LogP contribution in [-0.4, -0.2) is 28.1 Å². The van der Waals surface area contributed by atoms with Gasteiger partial charge < -0.3 is 16.2 Å². The van der Waals surface area contributed by atoms with E-state index in [1.165, 1.54) is 6.42 Å². The molecule has 1 aromatic rings. The Labute approximate surface area is 119 Å². The van der Waals surface area contributed by atoms with Crippen molar-refractivity contribution in [3.05, 3.63) is 24.0 Å². The van der Waals surface area contributed by atoms with Crippen LogP contribution in [0.2, 0.25) is 0 Å². The van der Waals surface area contributed by atoms with Gasteiger partial charge in [0, 0.05) is 18.4 Å². The van der Waals surface area contributed by atoms with Crippen LogP contribution < -0.4 is 11.1 Å². The Morgan fingerprint density at radius 2 is 2.25 bits per heavy atom. The van der Waals surface area contributed by atoms with E-state index < -0.39 is 11.5 Å². The van der Waals surface area contributed by atoms with Crippen molar-refractivity contribution in [3.63, 3.8) is 0 Å². The van der Waals surface area contributed by atoms with Crippen LogP contribution in [0.25, 0.3) is 0 Å². The molecule has 1 aliphatic carbocycles. The molecule has 110 valence electrons. The van der Waals surface area contributed by atoms with Crippen LogP contribution in [0, 0.1) is 5.92 Å². The van der Waals surface area contributed by atoms with Crippen molar-refractivity contribution in [2.24, 2.45) is 11.7 Å². The van der Waals surface area contributed by atoms with E-state index in [1.54, 1.807) is 18.3 Å². The summed E-state index contributed by atoms with van der Waals surface area (Å²) in [5, 5.41) is 13.7. The largest absolute Gasteiger partial charge is 0.388 e. The zero-order valence-corrected chi connectivity index (χ0v) is 11.9. The summed E-state index contributed by atoms with van der Waals surface area (Å²) >= 11 is 0. The number of primary amides is 1. The Bertz CT molecular complexity index is 468. The molecule has 0 radical (unpaired) electrons. The van der Waals surface area contributed by atoms with Crippen molar-refractivity contribution in [2.75, 3.05) is 11.9 Å². The highest BCUT2D eigenvalue weighted by atomic mass is 16.3. The topological polar surface area (TPSA) is 88.2 Å². The Balaban J connectivity index is 1.92. The average Bonchev–Trinajstić information content (AvgIpc) is 2.46. The molecule has 0 bridgehead atoms. The standard InChI is InChI=1S/C15H23N3O2/c1-2-11-3-6-15(20,7-4-11)10-18-12-5-8-17-13(9-12)14(16)19/h5,8-9,11,20H,2-4,6-7,10H2,1H3,(H2,16,19)(H,17,18). The molecule has 0 aromatic carbocycles. The minimum absolute atomic E-state index is 0.233. The van der Waals surface area contributed by atoms with E-state index >= 15 is 0 Å². The summed E-state index contributed by atoms with van der Waals surface area (Å²) < 4.78 is 0. The van der Waals surface area contributed by atoms with Gasteiger partial charge in [-0.15, -0.1) is 0 Å². The molecule has 5 heteroatoms. The zero-order chi connectivity index (χ0) is 14.6. The van der Waals surface area contributed by atoms with E-state index in [-0.39, 0.29) is 5.69 Å². The number of nitrogens with zero attached hydrogens (tertiary/aromatic N) is 1. The number of anilines is 1. The van der Waals surface area contributed by atoms with Gasteiger partial charge in [0.15, 0.2) is 0 Å². The predicted octanol–water partition coefficient (Wildman–Crippen LogP) is 1.92. The van der Waals surface area contributed by atoms with Crippen LogP contribution in [0.3, 0.4) is 0 Å². The van der Waals surface area contributed by atoms with Crippen LogP contribution in [0.1, 0.15) is 49.5 Å². The zero-order valence-electron chi connectivity index (χ0n) is 11.9. The second kappa shape index (κ2) is 6.22. The first-order valence-electron chi connectivity index (χ1n) is 7.24. The molecular formula is C15H23N3O2. The second-order valence-corrected chi connectivity index (χ2v) is 5.72. The highest BCUT2D eigenvalue weighted by Crippen LogP contribution is 2.33. The van der Waals surface area contributed by atoms with E-state index in [9.17, 15) is 9.90 Å². The van der Waals surface area contributed by atoms with E-state index in [4.69, 9.17) is 5.73 Å². The van der Waals surface area contributed by atoms with Gasteiger partial charge in [-0.1, -0.05) is 13.3 Å². The van der Waals surface area contributed by atoms with Crippen molar-refractivity contribution >= 4 is 11.6 Å². The first-order chi connectivity index (χ1) is 9.52. The van der Waals surface area contributed by atoms with Gasteiger partial charge in [-0.05, 0) is 43.7 Å². The summed E-state index contributed by atoms with van der Waals surface area (Å²) in [5.41, 5.74) is 5.55. The highest BCUT2D eigenvalue weighted by Gasteiger charge is 2.32. The van der Waals surface area contributed by atoms with Crippen LogP contribution in [0.15, 0.2) is 18.3 Å². The van der Waals surface area contributed by atoms with Crippen LogP contribution in [-0.2, 0) is 0 Å². The average molecular weight is 277 g/mol. The van der Waals surface area contributed by atoms with E-state index in [0.29, 0.717) is 6.54 Å². The smallest absolute Gasteiger partial charge is 0.267 e. The van der Waals surface area contributed by atoms with Gasteiger partial charge >= 0.3 is 0 Å². The molecule has 2 rings (SSSR count).